The van der Waals surface area contributed by atoms with Gasteiger partial charge in [-0.1, -0.05) is 13.8 Å². The van der Waals surface area contributed by atoms with E-state index >= 15 is 0 Å². The average Bonchev–Trinajstić information content (AvgIpc) is 2.38. The number of nitrogens with two attached hydrogens (primary N) is 1. The van der Waals surface area contributed by atoms with E-state index in [2.05, 4.69) is 24.1 Å². The van der Waals surface area contributed by atoms with Crippen molar-refractivity contribution in [2.24, 2.45) is 11.8 Å². The highest BCUT2D eigenvalue weighted by molar-refractivity contribution is 5.95. The first kappa shape index (κ1) is 14.8. The van der Waals surface area contributed by atoms with E-state index in [4.69, 9.17) is 5.73 Å². The lowest BCUT2D eigenvalue weighted by Gasteiger charge is -2.34. The van der Waals surface area contributed by atoms with Gasteiger partial charge in [-0.3, -0.25) is 9.69 Å². The van der Waals surface area contributed by atoms with Gasteiger partial charge in [0.05, 0.1) is 17.9 Å². The number of anilines is 2. The second kappa shape index (κ2) is 6.22. The van der Waals surface area contributed by atoms with Crippen LogP contribution in [0.3, 0.4) is 0 Å². The Hall–Kier alpha value is -1.62. The summed E-state index contributed by atoms with van der Waals surface area (Å²) in [4.78, 5) is 14.1. The van der Waals surface area contributed by atoms with Gasteiger partial charge in [-0.15, -0.1) is 0 Å². The molecule has 2 atom stereocenters. The largest absolute Gasteiger partial charge is 0.397 e. The highest BCUT2D eigenvalue weighted by Crippen LogP contribution is 2.23. The molecule has 3 N–H and O–H groups in total. The number of nitrogen functional groups attached to an aromatic ring is 1. The van der Waals surface area contributed by atoms with Crippen molar-refractivity contribution in [3.63, 3.8) is 0 Å². The molecule has 110 valence electrons. The summed E-state index contributed by atoms with van der Waals surface area (Å²) >= 11 is 0. The topological polar surface area (TPSA) is 58.4 Å². The van der Waals surface area contributed by atoms with E-state index in [1.54, 1.807) is 0 Å². The molecule has 0 aromatic heterocycles. The summed E-state index contributed by atoms with van der Waals surface area (Å²) < 4.78 is 13.1. The smallest absolute Gasteiger partial charge is 0.238 e. The Balaban J connectivity index is 1.91. The van der Waals surface area contributed by atoms with Crippen LogP contribution < -0.4 is 11.1 Å². The maximum absolute atomic E-state index is 13.1. The minimum Gasteiger partial charge on any atom is -0.397 e. The molecule has 1 heterocycles. The third kappa shape index (κ3) is 3.70. The third-order valence-corrected chi connectivity index (χ3v) is 4.07. The van der Waals surface area contributed by atoms with E-state index < -0.39 is 5.82 Å². The molecular weight excluding hydrogens is 257 g/mol. The molecule has 0 bridgehead atoms. The van der Waals surface area contributed by atoms with Gasteiger partial charge in [-0.2, -0.15) is 0 Å². The predicted octanol–water partition coefficient (Wildman–Crippen LogP) is 2.32. The average molecular weight is 279 g/mol. The summed E-state index contributed by atoms with van der Waals surface area (Å²) in [5.41, 5.74) is 6.43. The summed E-state index contributed by atoms with van der Waals surface area (Å²) in [6, 6.07) is 3.97. The lowest BCUT2D eigenvalue weighted by molar-refractivity contribution is -0.117. The number of hydrogen-bond donors (Lipinski definition) is 2. The predicted molar refractivity (Wildman–Crippen MR) is 78.8 cm³/mol. The maximum atomic E-state index is 13.1. The van der Waals surface area contributed by atoms with Crippen molar-refractivity contribution in [2.45, 2.75) is 20.3 Å². The first-order valence-corrected chi connectivity index (χ1v) is 7.03. The molecule has 2 rings (SSSR count). The van der Waals surface area contributed by atoms with Crippen molar-refractivity contribution in [1.29, 1.82) is 0 Å². The van der Waals surface area contributed by atoms with Crippen LogP contribution in [-0.2, 0) is 4.79 Å². The molecule has 1 aliphatic rings. The quantitative estimate of drug-likeness (QED) is 0.835. The highest BCUT2D eigenvalue weighted by Gasteiger charge is 2.24. The number of carbonyl (C=O) groups is 1. The molecule has 0 spiro atoms. The van der Waals surface area contributed by atoms with Crippen LogP contribution in [0.15, 0.2) is 18.2 Å². The van der Waals surface area contributed by atoms with Gasteiger partial charge in [0.1, 0.15) is 5.82 Å². The Morgan fingerprint density at radius 2 is 2.20 bits per heavy atom. The van der Waals surface area contributed by atoms with Crippen LogP contribution >= 0.6 is 0 Å². The van der Waals surface area contributed by atoms with E-state index in [0.29, 0.717) is 29.8 Å². The molecule has 20 heavy (non-hydrogen) atoms. The molecule has 1 amide bonds. The van der Waals surface area contributed by atoms with E-state index in [1.165, 1.54) is 18.2 Å². The Labute approximate surface area is 119 Å². The second-order valence-electron chi connectivity index (χ2n) is 5.76. The van der Waals surface area contributed by atoms with Gasteiger partial charge < -0.3 is 11.1 Å². The zero-order valence-electron chi connectivity index (χ0n) is 12.0. The van der Waals surface area contributed by atoms with Crippen LogP contribution in [0.25, 0.3) is 0 Å². The number of nitrogens with zero attached hydrogens (tertiary/aromatic N) is 1. The lowest BCUT2D eigenvalue weighted by Crippen LogP contribution is -2.42. The Morgan fingerprint density at radius 1 is 1.45 bits per heavy atom. The molecule has 1 aromatic rings. The molecule has 2 unspecified atom stereocenters. The van der Waals surface area contributed by atoms with E-state index in [0.717, 1.165) is 19.5 Å². The lowest BCUT2D eigenvalue weighted by atomic mass is 9.89. The summed E-state index contributed by atoms with van der Waals surface area (Å²) in [7, 11) is 0. The molecule has 0 saturated carbocycles. The summed E-state index contributed by atoms with van der Waals surface area (Å²) in [5, 5.41) is 2.68. The fraction of sp³-hybridized carbons (Fsp3) is 0.533. The molecule has 5 heteroatoms. The number of rotatable bonds is 3. The molecular formula is C15H22FN3O. The fourth-order valence-electron chi connectivity index (χ4n) is 2.52. The second-order valence-corrected chi connectivity index (χ2v) is 5.76. The number of nitrogens with one attached hydrogen (secondary N) is 1. The summed E-state index contributed by atoms with van der Waals surface area (Å²) in [5.74, 6) is 0.739. The van der Waals surface area contributed by atoms with Gasteiger partial charge in [0, 0.05) is 6.54 Å². The molecule has 0 radical (unpaired) electrons. The van der Waals surface area contributed by atoms with E-state index in [-0.39, 0.29) is 5.91 Å². The number of hydrogen-bond acceptors (Lipinski definition) is 3. The molecule has 1 aliphatic heterocycles. The molecule has 1 aromatic carbocycles. The Bertz CT molecular complexity index is 492. The first-order chi connectivity index (χ1) is 9.45. The van der Waals surface area contributed by atoms with Crippen molar-refractivity contribution in [3.05, 3.63) is 24.0 Å². The van der Waals surface area contributed by atoms with Gasteiger partial charge in [0.2, 0.25) is 5.91 Å². The third-order valence-electron chi connectivity index (χ3n) is 4.07. The van der Waals surface area contributed by atoms with Crippen molar-refractivity contribution in [3.8, 4) is 0 Å². The first-order valence-electron chi connectivity index (χ1n) is 7.03. The number of benzene rings is 1. The SMILES string of the molecule is CC1CCN(CC(=O)Nc2cc(F)ccc2N)CC1C. The van der Waals surface area contributed by atoms with Gasteiger partial charge in [-0.05, 0) is 43.0 Å². The number of piperidine rings is 1. The molecule has 0 aliphatic carbocycles. The number of carbonyl (C=O) groups excluding carboxylic acids is 1. The zero-order chi connectivity index (χ0) is 14.7. The minimum absolute atomic E-state index is 0.149. The van der Waals surface area contributed by atoms with E-state index in [1.807, 2.05) is 0 Å². The van der Waals surface area contributed by atoms with Gasteiger partial charge in [0.25, 0.3) is 0 Å². The minimum atomic E-state index is -0.407. The van der Waals surface area contributed by atoms with Crippen LogP contribution in [0.4, 0.5) is 15.8 Å². The zero-order valence-corrected chi connectivity index (χ0v) is 12.0. The number of amides is 1. The maximum Gasteiger partial charge on any atom is 0.238 e. The van der Waals surface area contributed by atoms with Crippen LogP contribution in [-0.4, -0.2) is 30.4 Å². The van der Waals surface area contributed by atoms with Crippen molar-refractivity contribution in [1.82, 2.24) is 4.90 Å². The summed E-state index contributed by atoms with van der Waals surface area (Å²) in [6.45, 7) is 6.63. The van der Waals surface area contributed by atoms with Crippen LogP contribution in [0, 0.1) is 17.7 Å². The highest BCUT2D eigenvalue weighted by atomic mass is 19.1. The molecule has 4 nitrogen and oxygen atoms in total. The number of likely N-dealkylation sites (tertiary alicyclic amines) is 1. The van der Waals surface area contributed by atoms with E-state index in [9.17, 15) is 9.18 Å². The fourth-order valence-corrected chi connectivity index (χ4v) is 2.52. The standard InChI is InChI=1S/C15H22FN3O/c1-10-5-6-19(8-11(10)2)9-15(20)18-14-7-12(16)3-4-13(14)17/h3-4,7,10-11H,5-6,8-9,17H2,1-2H3,(H,18,20). The van der Waals surface area contributed by atoms with Crippen LogP contribution in [0.5, 0.6) is 0 Å². The van der Waals surface area contributed by atoms with Crippen LogP contribution in [0.2, 0.25) is 0 Å². The van der Waals surface area contributed by atoms with Crippen molar-refractivity contribution in [2.75, 3.05) is 30.7 Å². The van der Waals surface area contributed by atoms with Gasteiger partial charge in [0.15, 0.2) is 0 Å². The van der Waals surface area contributed by atoms with Crippen molar-refractivity contribution >= 4 is 17.3 Å². The monoisotopic (exact) mass is 279 g/mol. The van der Waals surface area contributed by atoms with Crippen LogP contribution in [0.1, 0.15) is 20.3 Å². The van der Waals surface area contributed by atoms with Gasteiger partial charge in [-0.25, -0.2) is 4.39 Å². The summed E-state index contributed by atoms with van der Waals surface area (Å²) in [6.07, 6.45) is 1.11. The van der Waals surface area contributed by atoms with Gasteiger partial charge >= 0.3 is 0 Å². The Kier molecular flexibility index (Phi) is 4.60. The normalized spacial score (nSPS) is 23.6. The van der Waals surface area contributed by atoms with Crippen molar-refractivity contribution < 1.29 is 9.18 Å². The molecule has 1 saturated heterocycles. The molecule has 1 fully saturated rings. The number of halogens is 1. The Morgan fingerprint density at radius 3 is 2.90 bits per heavy atom.